The van der Waals surface area contributed by atoms with Crippen LogP contribution >= 0.6 is 0 Å². The Balaban J connectivity index is 3.66. The zero-order valence-electron chi connectivity index (χ0n) is 10.9. The fourth-order valence-corrected chi connectivity index (χ4v) is 1.46. The van der Waals surface area contributed by atoms with E-state index in [1.165, 1.54) is 19.3 Å². The minimum atomic E-state index is 0.594. The van der Waals surface area contributed by atoms with Gasteiger partial charge in [-0.3, -0.25) is 0 Å². The molecule has 0 aliphatic carbocycles. The van der Waals surface area contributed by atoms with Gasteiger partial charge in [0.1, 0.15) is 0 Å². The van der Waals surface area contributed by atoms with Crippen LogP contribution in [0.1, 0.15) is 46.0 Å². The number of hydrogen-bond donors (Lipinski definition) is 1. The zero-order chi connectivity index (χ0) is 12.1. The Labute approximate surface area is 101 Å². The van der Waals surface area contributed by atoms with E-state index in [2.05, 4.69) is 50.3 Å². The number of unbranched alkanes of at least 4 members (excludes halogenated alkanes) is 2. The monoisotopic (exact) mass is 221 g/mol. The van der Waals surface area contributed by atoms with Crippen molar-refractivity contribution in [1.29, 1.82) is 0 Å². The van der Waals surface area contributed by atoms with Crippen LogP contribution in [0.3, 0.4) is 0 Å². The summed E-state index contributed by atoms with van der Waals surface area (Å²) in [4.78, 5) is 0. The molecule has 1 unspecified atom stereocenters. The first-order valence-corrected chi connectivity index (χ1v) is 6.48. The predicted octanol–water partition coefficient (Wildman–Crippen LogP) is 4.22. The molecule has 0 aromatic carbocycles. The van der Waals surface area contributed by atoms with Gasteiger partial charge in [-0.15, -0.1) is 0 Å². The largest absolute Gasteiger partial charge is 0.330 e. The van der Waals surface area contributed by atoms with Gasteiger partial charge < -0.3 is 5.73 Å². The van der Waals surface area contributed by atoms with Crippen molar-refractivity contribution in [2.75, 3.05) is 6.54 Å². The van der Waals surface area contributed by atoms with Gasteiger partial charge in [-0.2, -0.15) is 0 Å². The molecule has 0 aliphatic rings. The van der Waals surface area contributed by atoms with Crippen LogP contribution in [0.5, 0.6) is 0 Å². The van der Waals surface area contributed by atoms with Gasteiger partial charge in [0, 0.05) is 0 Å². The molecule has 0 spiro atoms. The molecule has 0 amide bonds. The van der Waals surface area contributed by atoms with Crippen LogP contribution in [0.2, 0.25) is 0 Å². The molecule has 0 aliphatic heterocycles. The lowest BCUT2D eigenvalue weighted by atomic mass is 10.0. The number of hydrogen-bond acceptors (Lipinski definition) is 1. The molecule has 0 rings (SSSR count). The second-order valence-corrected chi connectivity index (χ2v) is 4.14. The van der Waals surface area contributed by atoms with Crippen LogP contribution in [-0.2, 0) is 0 Å². The molecular weight excluding hydrogens is 194 g/mol. The number of nitrogens with two attached hydrogens (primary N) is 1. The summed E-state index contributed by atoms with van der Waals surface area (Å²) in [6.07, 6.45) is 19.0. The van der Waals surface area contributed by atoms with E-state index in [-0.39, 0.29) is 0 Å². The maximum absolute atomic E-state index is 5.71. The molecule has 0 saturated carbocycles. The van der Waals surface area contributed by atoms with Crippen LogP contribution in [0.4, 0.5) is 0 Å². The molecule has 1 nitrogen and oxygen atoms in total. The molecule has 92 valence electrons. The second-order valence-electron chi connectivity index (χ2n) is 4.14. The highest BCUT2D eigenvalue weighted by molar-refractivity contribution is 5.03. The Hall–Kier alpha value is -0.820. The Morgan fingerprint density at radius 1 is 1.06 bits per heavy atom. The van der Waals surface area contributed by atoms with Gasteiger partial charge in [-0.1, -0.05) is 56.2 Å². The van der Waals surface area contributed by atoms with Gasteiger partial charge in [-0.25, -0.2) is 0 Å². The van der Waals surface area contributed by atoms with Crippen LogP contribution in [-0.4, -0.2) is 6.54 Å². The fourth-order valence-electron chi connectivity index (χ4n) is 1.46. The summed E-state index contributed by atoms with van der Waals surface area (Å²) < 4.78 is 0. The van der Waals surface area contributed by atoms with Gasteiger partial charge in [0.2, 0.25) is 0 Å². The van der Waals surface area contributed by atoms with Crippen molar-refractivity contribution in [2.24, 2.45) is 11.7 Å². The first-order chi connectivity index (χ1) is 7.85. The normalized spacial score (nSPS) is 14.4. The number of allylic oxidation sites excluding steroid dienone is 6. The van der Waals surface area contributed by atoms with Crippen LogP contribution in [0, 0.1) is 5.92 Å². The van der Waals surface area contributed by atoms with Crippen molar-refractivity contribution in [3.8, 4) is 0 Å². The van der Waals surface area contributed by atoms with Crippen molar-refractivity contribution in [2.45, 2.75) is 46.0 Å². The maximum Gasteiger partial charge on any atom is -0.00429 e. The molecule has 0 fully saturated rings. The molecule has 0 aromatic rings. The van der Waals surface area contributed by atoms with E-state index in [4.69, 9.17) is 5.73 Å². The van der Waals surface area contributed by atoms with Crippen molar-refractivity contribution < 1.29 is 0 Å². The topological polar surface area (TPSA) is 26.0 Å². The summed E-state index contributed by atoms with van der Waals surface area (Å²) in [5.41, 5.74) is 5.71. The Morgan fingerprint density at radius 3 is 2.38 bits per heavy atom. The lowest BCUT2D eigenvalue weighted by Crippen LogP contribution is -2.12. The maximum atomic E-state index is 5.71. The van der Waals surface area contributed by atoms with E-state index in [1.54, 1.807) is 0 Å². The smallest absolute Gasteiger partial charge is 0.00429 e. The van der Waals surface area contributed by atoms with E-state index < -0.39 is 0 Å². The quantitative estimate of drug-likeness (QED) is 0.352. The van der Waals surface area contributed by atoms with E-state index in [1.807, 2.05) is 0 Å². The highest BCUT2D eigenvalue weighted by Crippen LogP contribution is 2.08. The third-order valence-electron chi connectivity index (χ3n) is 2.62. The molecule has 1 heteroatoms. The van der Waals surface area contributed by atoms with Crippen molar-refractivity contribution in [3.05, 3.63) is 36.5 Å². The summed E-state index contributed by atoms with van der Waals surface area (Å²) in [6, 6.07) is 0. The van der Waals surface area contributed by atoms with Crippen LogP contribution in [0.25, 0.3) is 0 Å². The minimum Gasteiger partial charge on any atom is -0.330 e. The molecule has 2 N–H and O–H groups in total. The number of rotatable bonds is 9. The average Bonchev–Trinajstić information content (AvgIpc) is 2.32. The second kappa shape index (κ2) is 12.3. The zero-order valence-corrected chi connectivity index (χ0v) is 10.9. The third-order valence-corrected chi connectivity index (χ3v) is 2.62. The van der Waals surface area contributed by atoms with Gasteiger partial charge in [0.25, 0.3) is 0 Å². The Bertz CT molecular complexity index is 213. The molecule has 0 heterocycles. The SMILES string of the molecule is C/C=C/CC(CN)C/C=C/C=C/CCCC. The van der Waals surface area contributed by atoms with E-state index in [9.17, 15) is 0 Å². The van der Waals surface area contributed by atoms with E-state index >= 15 is 0 Å². The Kier molecular flexibility index (Phi) is 11.6. The third kappa shape index (κ3) is 9.72. The first-order valence-electron chi connectivity index (χ1n) is 6.48. The summed E-state index contributed by atoms with van der Waals surface area (Å²) >= 11 is 0. The Morgan fingerprint density at radius 2 is 1.75 bits per heavy atom. The van der Waals surface area contributed by atoms with Gasteiger partial charge in [-0.05, 0) is 38.6 Å². The molecular formula is C15H27N. The minimum absolute atomic E-state index is 0.594. The summed E-state index contributed by atoms with van der Waals surface area (Å²) in [6.45, 7) is 5.05. The standard InChI is InChI=1S/C15H27N/c1-3-5-7-8-9-10-11-13-15(14-16)12-6-4-2/h4,6,8-11,15H,3,5,7,12-14,16H2,1-2H3/b6-4+,9-8+,11-10+. The van der Waals surface area contributed by atoms with Gasteiger partial charge in [0.15, 0.2) is 0 Å². The van der Waals surface area contributed by atoms with Gasteiger partial charge >= 0.3 is 0 Å². The lowest BCUT2D eigenvalue weighted by Gasteiger charge is -2.08. The van der Waals surface area contributed by atoms with Gasteiger partial charge in [0.05, 0.1) is 0 Å². The van der Waals surface area contributed by atoms with Crippen molar-refractivity contribution in [3.63, 3.8) is 0 Å². The highest BCUT2D eigenvalue weighted by Gasteiger charge is 2.00. The van der Waals surface area contributed by atoms with Crippen LogP contribution in [0.15, 0.2) is 36.5 Å². The lowest BCUT2D eigenvalue weighted by molar-refractivity contribution is 0.555. The molecule has 0 aromatic heterocycles. The van der Waals surface area contributed by atoms with E-state index in [0.717, 1.165) is 19.4 Å². The molecule has 0 radical (unpaired) electrons. The van der Waals surface area contributed by atoms with E-state index in [0.29, 0.717) is 5.92 Å². The summed E-state index contributed by atoms with van der Waals surface area (Å²) in [5.74, 6) is 0.594. The summed E-state index contributed by atoms with van der Waals surface area (Å²) in [5, 5.41) is 0. The highest BCUT2D eigenvalue weighted by atomic mass is 14.5. The molecule has 0 saturated heterocycles. The molecule has 16 heavy (non-hydrogen) atoms. The fraction of sp³-hybridized carbons (Fsp3) is 0.600. The molecule has 0 bridgehead atoms. The van der Waals surface area contributed by atoms with Crippen LogP contribution < -0.4 is 5.73 Å². The molecule has 1 atom stereocenters. The van der Waals surface area contributed by atoms with Crippen molar-refractivity contribution in [1.82, 2.24) is 0 Å². The van der Waals surface area contributed by atoms with Crippen molar-refractivity contribution >= 4 is 0 Å². The summed E-state index contributed by atoms with van der Waals surface area (Å²) in [7, 11) is 0. The predicted molar refractivity (Wildman–Crippen MR) is 74.4 cm³/mol. The average molecular weight is 221 g/mol. The first kappa shape index (κ1) is 15.2.